The fourth-order valence-corrected chi connectivity index (χ4v) is 6.28. The summed E-state index contributed by atoms with van der Waals surface area (Å²) in [5.74, 6) is 0.641. The van der Waals surface area contributed by atoms with E-state index in [1.54, 1.807) is 14.2 Å². The molecular weight excluding hydrogens is 523 g/mol. The van der Waals surface area contributed by atoms with E-state index in [0.29, 0.717) is 13.1 Å². The number of piperidine rings is 3. The fourth-order valence-electron chi connectivity index (χ4n) is 6.28. The summed E-state index contributed by atoms with van der Waals surface area (Å²) in [6, 6.07) is 27.1. The largest absolute Gasteiger partial charge is 0.497 e. The first-order chi connectivity index (χ1) is 17.6. The van der Waals surface area contributed by atoms with Gasteiger partial charge >= 0.3 is 5.97 Å². The number of methoxy groups -OCH3 is 2. The van der Waals surface area contributed by atoms with Gasteiger partial charge in [-0.05, 0) is 48.2 Å². The van der Waals surface area contributed by atoms with E-state index in [2.05, 4.69) is 58.7 Å². The van der Waals surface area contributed by atoms with Crippen LogP contribution in [0.3, 0.4) is 0 Å². The lowest BCUT2D eigenvalue weighted by Crippen LogP contribution is -2.68. The summed E-state index contributed by atoms with van der Waals surface area (Å²) >= 11 is 0. The van der Waals surface area contributed by atoms with Gasteiger partial charge in [0.2, 0.25) is 0 Å². The molecule has 2 bridgehead atoms. The van der Waals surface area contributed by atoms with Gasteiger partial charge in [0.1, 0.15) is 11.5 Å². The van der Waals surface area contributed by atoms with Crippen molar-refractivity contribution in [3.63, 3.8) is 0 Å². The number of ether oxygens (including phenoxy) is 2. The molecule has 0 aliphatic carbocycles. The molecular formula is C30H36Cl2N2O4. The number of halogens is 2. The number of hydrogen-bond donors (Lipinski definition) is 2. The first-order valence-corrected chi connectivity index (χ1v) is 12.6. The molecule has 1 unspecified atom stereocenters. The number of fused-ring (bicyclic) bond motifs is 3. The van der Waals surface area contributed by atoms with E-state index in [0.717, 1.165) is 30.0 Å². The van der Waals surface area contributed by atoms with Crippen molar-refractivity contribution in [2.24, 2.45) is 11.8 Å². The Morgan fingerprint density at radius 3 is 2.16 bits per heavy atom. The molecule has 0 radical (unpaired) electrons. The summed E-state index contributed by atoms with van der Waals surface area (Å²) in [7, 11) is 3.33. The van der Waals surface area contributed by atoms with Crippen LogP contribution < -0.4 is 14.8 Å². The third-order valence-electron chi connectivity index (χ3n) is 7.94. The molecule has 3 aliphatic heterocycles. The lowest BCUT2D eigenvalue weighted by molar-refractivity contribution is -0.152. The Bertz CT molecular complexity index is 1140. The molecule has 3 aliphatic rings. The number of carbonyl (C=O) groups is 1. The SMILES string of the molecule is COc1ccc(OC)c(CN[C@H]2[C@H]3CCN(C[C@@H]3C(=O)O)[C@@H]2C(c2ccccc2)c2ccccc2)c1.Cl.Cl. The van der Waals surface area contributed by atoms with E-state index >= 15 is 0 Å². The lowest BCUT2D eigenvalue weighted by atomic mass is 9.66. The molecule has 6 rings (SSSR count). The smallest absolute Gasteiger partial charge is 0.308 e. The Hall–Kier alpha value is -2.77. The van der Waals surface area contributed by atoms with E-state index in [1.807, 2.05) is 30.3 Å². The number of carboxylic acids is 1. The van der Waals surface area contributed by atoms with Gasteiger partial charge in [-0.3, -0.25) is 9.69 Å². The molecule has 3 saturated heterocycles. The number of hydrogen-bond acceptors (Lipinski definition) is 5. The Kier molecular flexibility index (Phi) is 10.5. The zero-order valence-corrected chi connectivity index (χ0v) is 23.3. The fraction of sp³-hybridized carbons (Fsp3) is 0.367. The van der Waals surface area contributed by atoms with Gasteiger partial charge in [0.15, 0.2) is 0 Å². The highest BCUT2D eigenvalue weighted by Crippen LogP contribution is 2.44. The van der Waals surface area contributed by atoms with Gasteiger partial charge in [-0.2, -0.15) is 0 Å². The van der Waals surface area contributed by atoms with Gasteiger partial charge in [0.05, 0.1) is 20.1 Å². The zero-order valence-electron chi connectivity index (χ0n) is 21.7. The number of benzene rings is 3. The minimum atomic E-state index is -0.704. The summed E-state index contributed by atoms with van der Waals surface area (Å²) in [5.41, 5.74) is 3.49. The molecule has 6 nitrogen and oxygen atoms in total. The molecule has 3 heterocycles. The van der Waals surface area contributed by atoms with E-state index in [9.17, 15) is 9.90 Å². The molecule has 8 heteroatoms. The molecule has 0 amide bonds. The molecule has 38 heavy (non-hydrogen) atoms. The number of nitrogens with one attached hydrogen (secondary N) is 1. The van der Waals surface area contributed by atoms with E-state index in [1.165, 1.54) is 11.1 Å². The predicted octanol–water partition coefficient (Wildman–Crippen LogP) is 5.24. The third-order valence-corrected chi connectivity index (χ3v) is 7.94. The van der Waals surface area contributed by atoms with Crippen LogP contribution in [0.25, 0.3) is 0 Å². The van der Waals surface area contributed by atoms with Gasteiger partial charge in [-0.15, -0.1) is 24.8 Å². The summed E-state index contributed by atoms with van der Waals surface area (Å²) in [5, 5.41) is 13.9. The van der Waals surface area contributed by atoms with Gasteiger partial charge < -0.3 is 19.9 Å². The summed E-state index contributed by atoms with van der Waals surface area (Å²) in [6.07, 6.45) is 0.872. The van der Waals surface area contributed by atoms with Crippen molar-refractivity contribution in [3.05, 3.63) is 95.6 Å². The van der Waals surface area contributed by atoms with Crippen molar-refractivity contribution < 1.29 is 19.4 Å². The maximum Gasteiger partial charge on any atom is 0.308 e. The van der Waals surface area contributed by atoms with Crippen LogP contribution in [0, 0.1) is 11.8 Å². The standard InChI is InChI=1S/C30H34N2O4.2ClH/c1-35-23-13-14-26(36-2)22(17-23)18-31-28-24-15-16-32(19-25(24)30(33)34)29(28)27(20-9-5-3-6-10-20)21-11-7-4-8-12-21;;/h3-14,17,24-25,27-29,31H,15-16,18-19H2,1-2H3,(H,33,34);2*1H/t24-,25-,28-,29+;;/m0../s1. The zero-order chi connectivity index (χ0) is 25.1. The second-order valence-electron chi connectivity index (χ2n) is 9.77. The van der Waals surface area contributed by atoms with E-state index < -0.39 is 5.97 Å². The Morgan fingerprint density at radius 1 is 0.974 bits per heavy atom. The van der Waals surface area contributed by atoms with Gasteiger partial charge in [-0.25, -0.2) is 0 Å². The molecule has 0 saturated carbocycles. The van der Waals surface area contributed by atoms with Crippen LogP contribution in [0.15, 0.2) is 78.9 Å². The van der Waals surface area contributed by atoms with Gasteiger partial charge in [-0.1, -0.05) is 60.7 Å². The minimum absolute atomic E-state index is 0. The number of nitrogens with zero attached hydrogens (tertiary/aromatic N) is 1. The van der Waals surface area contributed by atoms with Crippen molar-refractivity contribution in [3.8, 4) is 11.5 Å². The van der Waals surface area contributed by atoms with Crippen LogP contribution in [0.4, 0.5) is 0 Å². The van der Waals surface area contributed by atoms with E-state index in [-0.39, 0.29) is 54.7 Å². The highest BCUT2D eigenvalue weighted by Gasteiger charge is 2.52. The van der Waals surface area contributed by atoms with Crippen LogP contribution in [0.5, 0.6) is 11.5 Å². The lowest BCUT2D eigenvalue weighted by Gasteiger charge is -2.56. The summed E-state index contributed by atoms with van der Waals surface area (Å²) < 4.78 is 11.1. The van der Waals surface area contributed by atoms with E-state index in [4.69, 9.17) is 9.47 Å². The van der Waals surface area contributed by atoms with Crippen molar-refractivity contribution in [2.75, 3.05) is 27.3 Å². The van der Waals surface area contributed by atoms with Crippen LogP contribution in [-0.4, -0.2) is 55.4 Å². The van der Waals surface area contributed by atoms with Crippen molar-refractivity contribution >= 4 is 30.8 Å². The second-order valence-corrected chi connectivity index (χ2v) is 9.77. The molecule has 204 valence electrons. The monoisotopic (exact) mass is 558 g/mol. The van der Waals surface area contributed by atoms with Crippen molar-refractivity contribution in [2.45, 2.75) is 31.0 Å². The van der Waals surface area contributed by atoms with Crippen LogP contribution in [-0.2, 0) is 11.3 Å². The normalized spacial score (nSPS) is 23.7. The maximum atomic E-state index is 12.3. The van der Waals surface area contributed by atoms with Gasteiger partial charge in [0.25, 0.3) is 0 Å². The molecule has 5 atom stereocenters. The van der Waals surface area contributed by atoms with Crippen molar-refractivity contribution in [1.29, 1.82) is 0 Å². The van der Waals surface area contributed by atoms with Gasteiger partial charge in [0, 0.05) is 36.7 Å². The average molecular weight is 560 g/mol. The molecule has 3 aromatic carbocycles. The molecule has 3 fully saturated rings. The first kappa shape index (κ1) is 29.8. The third kappa shape index (κ3) is 5.94. The average Bonchev–Trinajstić information content (AvgIpc) is 2.93. The molecule has 2 N–H and O–H groups in total. The highest BCUT2D eigenvalue weighted by atomic mass is 35.5. The van der Waals surface area contributed by atoms with Crippen LogP contribution in [0.2, 0.25) is 0 Å². The maximum absolute atomic E-state index is 12.3. The second kappa shape index (κ2) is 13.3. The van der Waals surface area contributed by atoms with Crippen LogP contribution >= 0.6 is 24.8 Å². The molecule has 0 aromatic heterocycles. The quantitative estimate of drug-likeness (QED) is 0.374. The Balaban J connectivity index is 0.00000200. The number of carboxylic acid groups (broad SMARTS) is 1. The van der Waals surface area contributed by atoms with Crippen LogP contribution in [0.1, 0.15) is 29.0 Å². The first-order valence-electron chi connectivity index (χ1n) is 12.6. The summed E-state index contributed by atoms with van der Waals surface area (Å²) in [4.78, 5) is 14.7. The number of aliphatic carboxylic acids is 1. The number of rotatable bonds is 9. The minimum Gasteiger partial charge on any atom is -0.497 e. The molecule has 0 spiro atoms. The molecule has 3 aromatic rings. The Labute approximate surface area is 237 Å². The Morgan fingerprint density at radius 2 is 1.61 bits per heavy atom. The predicted molar refractivity (Wildman–Crippen MR) is 154 cm³/mol. The highest BCUT2D eigenvalue weighted by molar-refractivity contribution is 5.85. The summed E-state index contributed by atoms with van der Waals surface area (Å²) in [6.45, 7) is 2.06. The topological polar surface area (TPSA) is 71.0 Å². The van der Waals surface area contributed by atoms with Crippen molar-refractivity contribution in [1.82, 2.24) is 10.2 Å².